The fourth-order valence-corrected chi connectivity index (χ4v) is 2.16. The molecule has 2 heterocycles. The molecule has 0 N–H and O–H groups in total. The second-order valence-electron chi connectivity index (χ2n) is 4.42. The number of carbonyl (C=O) groups excluding carboxylic acids is 1. The topological polar surface area (TPSA) is 51.3 Å². The van der Waals surface area contributed by atoms with E-state index in [0.717, 1.165) is 29.1 Å². The maximum atomic E-state index is 11.1. The molecule has 18 heavy (non-hydrogen) atoms. The number of aromatic nitrogens is 2. The highest BCUT2D eigenvalue weighted by Gasteiger charge is 2.17. The van der Waals surface area contributed by atoms with Gasteiger partial charge >= 0.3 is 0 Å². The molecule has 5 heteroatoms. The van der Waals surface area contributed by atoms with Crippen LogP contribution in [0.2, 0.25) is 0 Å². The van der Waals surface area contributed by atoms with Crippen molar-refractivity contribution in [2.45, 2.75) is 20.4 Å². The number of carbonyl (C=O) groups is 1. The summed E-state index contributed by atoms with van der Waals surface area (Å²) in [6.45, 7) is 4.45. The zero-order valence-electron chi connectivity index (χ0n) is 11.1. The molecular formula is C13H17N3O2. The number of rotatable bonds is 4. The van der Waals surface area contributed by atoms with E-state index in [1.54, 1.807) is 10.9 Å². The normalized spacial score (nSPS) is 10.7. The van der Waals surface area contributed by atoms with Crippen LogP contribution in [-0.2, 0) is 13.6 Å². The lowest BCUT2D eigenvalue weighted by molar-refractivity contribution is 0.112. The number of furan rings is 1. The monoisotopic (exact) mass is 247 g/mol. The predicted molar refractivity (Wildman–Crippen MR) is 68.9 cm³/mol. The van der Waals surface area contributed by atoms with Gasteiger partial charge in [0.25, 0.3) is 0 Å². The van der Waals surface area contributed by atoms with Crippen LogP contribution in [0.4, 0.5) is 5.82 Å². The molecule has 0 saturated carbocycles. The standard InChI is InChI=1S/C13H17N3O2/c1-9-12(8-17)13(16(4)14-9)15(3)7-11-5-6-18-10(11)2/h5-6,8H,7H2,1-4H3. The first-order chi connectivity index (χ1) is 8.54. The second kappa shape index (κ2) is 4.68. The highest BCUT2D eigenvalue weighted by molar-refractivity contribution is 5.84. The Bertz CT molecular complexity index is 569. The van der Waals surface area contributed by atoms with Crippen LogP contribution in [0.5, 0.6) is 0 Å². The quantitative estimate of drug-likeness (QED) is 0.776. The van der Waals surface area contributed by atoms with Crippen LogP contribution in [0, 0.1) is 13.8 Å². The van der Waals surface area contributed by atoms with Crippen molar-refractivity contribution >= 4 is 12.1 Å². The summed E-state index contributed by atoms with van der Waals surface area (Å²) in [7, 11) is 3.78. The number of anilines is 1. The highest BCUT2D eigenvalue weighted by Crippen LogP contribution is 2.22. The molecule has 0 aliphatic carbocycles. The van der Waals surface area contributed by atoms with Gasteiger partial charge in [0.1, 0.15) is 11.6 Å². The third-order valence-electron chi connectivity index (χ3n) is 3.09. The number of hydrogen-bond acceptors (Lipinski definition) is 4. The summed E-state index contributed by atoms with van der Waals surface area (Å²) in [5.74, 6) is 1.72. The minimum Gasteiger partial charge on any atom is -0.469 e. The molecule has 96 valence electrons. The molecule has 0 radical (unpaired) electrons. The molecule has 0 atom stereocenters. The first-order valence-corrected chi connectivity index (χ1v) is 5.77. The summed E-state index contributed by atoms with van der Waals surface area (Å²) in [4.78, 5) is 13.1. The van der Waals surface area contributed by atoms with E-state index in [0.29, 0.717) is 12.1 Å². The average Bonchev–Trinajstić information content (AvgIpc) is 2.82. The fraction of sp³-hybridized carbons (Fsp3) is 0.385. The van der Waals surface area contributed by atoms with Crippen LogP contribution < -0.4 is 4.90 Å². The molecule has 0 aliphatic rings. The van der Waals surface area contributed by atoms with E-state index in [2.05, 4.69) is 5.10 Å². The van der Waals surface area contributed by atoms with E-state index in [4.69, 9.17) is 4.42 Å². The van der Waals surface area contributed by atoms with Gasteiger partial charge in [0.05, 0.1) is 17.5 Å². The van der Waals surface area contributed by atoms with E-state index in [-0.39, 0.29) is 0 Å². The molecular weight excluding hydrogens is 230 g/mol. The second-order valence-corrected chi connectivity index (χ2v) is 4.42. The molecule has 0 aromatic carbocycles. The SMILES string of the molecule is Cc1nn(C)c(N(C)Cc2ccoc2C)c1C=O. The first kappa shape index (κ1) is 12.4. The van der Waals surface area contributed by atoms with Gasteiger partial charge in [0, 0.05) is 26.2 Å². The number of aldehydes is 1. The summed E-state index contributed by atoms with van der Waals surface area (Å²) < 4.78 is 7.01. The van der Waals surface area contributed by atoms with Crippen molar-refractivity contribution in [2.24, 2.45) is 7.05 Å². The minimum atomic E-state index is 0.640. The summed E-state index contributed by atoms with van der Waals surface area (Å²) in [5, 5.41) is 4.27. The largest absolute Gasteiger partial charge is 0.469 e. The number of aryl methyl sites for hydroxylation is 3. The van der Waals surface area contributed by atoms with Crippen molar-refractivity contribution in [3.63, 3.8) is 0 Å². The summed E-state index contributed by atoms with van der Waals surface area (Å²) >= 11 is 0. The Hall–Kier alpha value is -2.04. The number of nitrogens with zero attached hydrogens (tertiary/aromatic N) is 3. The minimum absolute atomic E-state index is 0.640. The third-order valence-corrected chi connectivity index (χ3v) is 3.09. The third kappa shape index (κ3) is 2.03. The molecule has 2 aromatic heterocycles. The van der Waals surface area contributed by atoms with Gasteiger partial charge in [-0.2, -0.15) is 5.10 Å². The van der Waals surface area contributed by atoms with Crippen molar-refractivity contribution in [1.82, 2.24) is 9.78 Å². The van der Waals surface area contributed by atoms with Crippen molar-refractivity contribution in [2.75, 3.05) is 11.9 Å². The van der Waals surface area contributed by atoms with Gasteiger partial charge in [-0.05, 0) is 19.9 Å². The van der Waals surface area contributed by atoms with Gasteiger partial charge in [-0.1, -0.05) is 0 Å². The van der Waals surface area contributed by atoms with E-state index >= 15 is 0 Å². The zero-order chi connectivity index (χ0) is 13.3. The fourth-order valence-electron chi connectivity index (χ4n) is 2.16. The zero-order valence-corrected chi connectivity index (χ0v) is 11.1. The van der Waals surface area contributed by atoms with Crippen LogP contribution in [-0.4, -0.2) is 23.1 Å². The van der Waals surface area contributed by atoms with Crippen molar-refractivity contribution in [1.29, 1.82) is 0 Å². The molecule has 0 unspecified atom stereocenters. The average molecular weight is 247 g/mol. The molecule has 0 fully saturated rings. The smallest absolute Gasteiger partial charge is 0.155 e. The predicted octanol–water partition coefficient (Wildman–Crippen LogP) is 2.08. The Labute approximate surface area is 106 Å². The van der Waals surface area contributed by atoms with E-state index in [9.17, 15) is 4.79 Å². The Morgan fingerprint density at radius 1 is 1.50 bits per heavy atom. The molecule has 0 amide bonds. The van der Waals surface area contributed by atoms with Gasteiger partial charge in [-0.25, -0.2) is 0 Å². The van der Waals surface area contributed by atoms with Crippen molar-refractivity contribution in [3.8, 4) is 0 Å². The lowest BCUT2D eigenvalue weighted by Crippen LogP contribution is -2.20. The van der Waals surface area contributed by atoms with Crippen LogP contribution in [0.25, 0.3) is 0 Å². The Morgan fingerprint density at radius 2 is 2.22 bits per heavy atom. The van der Waals surface area contributed by atoms with Gasteiger partial charge in [0.15, 0.2) is 6.29 Å². The van der Waals surface area contributed by atoms with Gasteiger partial charge < -0.3 is 9.32 Å². The van der Waals surface area contributed by atoms with Crippen LogP contribution in [0.1, 0.15) is 27.4 Å². The maximum absolute atomic E-state index is 11.1. The maximum Gasteiger partial charge on any atom is 0.155 e. The molecule has 2 rings (SSSR count). The Kier molecular flexibility index (Phi) is 3.23. The van der Waals surface area contributed by atoms with Crippen molar-refractivity contribution < 1.29 is 9.21 Å². The van der Waals surface area contributed by atoms with E-state index in [1.165, 1.54) is 0 Å². The molecule has 0 saturated heterocycles. The van der Waals surface area contributed by atoms with E-state index < -0.39 is 0 Å². The summed E-state index contributed by atoms with van der Waals surface area (Å²) in [6.07, 6.45) is 2.53. The summed E-state index contributed by atoms with van der Waals surface area (Å²) in [6, 6.07) is 1.94. The molecule has 0 aliphatic heterocycles. The molecule has 5 nitrogen and oxygen atoms in total. The molecule has 0 spiro atoms. The Morgan fingerprint density at radius 3 is 2.78 bits per heavy atom. The lowest BCUT2D eigenvalue weighted by Gasteiger charge is -2.19. The summed E-state index contributed by atoms with van der Waals surface area (Å²) in [5.41, 5.74) is 2.49. The van der Waals surface area contributed by atoms with Gasteiger partial charge in [-0.3, -0.25) is 9.48 Å². The van der Waals surface area contributed by atoms with Gasteiger partial charge in [-0.15, -0.1) is 0 Å². The van der Waals surface area contributed by atoms with Crippen LogP contribution >= 0.6 is 0 Å². The van der Waals surface area contributed by atoms with Crippen LogP contribution in [0.3, 0.4) is 0 Å². The first-order valence-electron chi connectivity index (χ1n) is 5.77. The van der Waals surface area contributed by atoms with Crippen molar-refractivity contribution in [3.05, 3.63) is 34.9 Å². The van der Waals surface area contributed by atoms with Gasteiger partial charge in [0.2, 0.25) is 0 Å². The van der Waals surface area contributed by atoms with E-state index in [1.807, 2.05) is 38.9 Å². The molecule has 0 bridgehead atoms. The molecule has 2 aromatic rings. The van der Waals surface area contributed by atoms with Crippen LogP contribution in [0.15, 0.2) is 16.7 Å². The lowest BCUT2D eigenvalue weighted by atomic mass is 10.2. The number of hydrogen-bond donors (Lipinski definition) is 0. The Balaban J connectivity index is 2.32. The highest BCUT2D eigenvalue weighted by atomic mass is 16.3.